The van der Waals surface area contributed by atoms with Crippen LogP contribution < -0.4 is 0 Å². The smallest absolute Gasteiger partial charge is 0.337 e. The topological polar surface area (TPSA) is 74.0 Å². The summed E-state index contributed by atoms with van der Waals surface area (Å²) < 4.78 is 0. The molecule has 0 aromatic carbocycles. The van der Waals surface area contributed by atoms with Gasteiger partial charge >= 0.3 is 5.97 Å². The van der Waals surface area contributed by atoms with Gasteiger partial charge in [-0.15, -0.1) is 0 Å². The maximum Gasteiger partial charge on any atom is 0.337 e. The van der Waals surface area contributed by atoms with Crippen LogP contribution in [0.15, 0.2) is 18.3 Å². The average molecular weight is 202 g/mol. The minimum atomic E-state index is -0.992. The van der Waals surface area contributed by atoms with Gasteiger partial charge in [-0.05, 0) is 31.4 Å². The Hall–Kier alpha value is -1.89. The summed E-state index contributed by atoms with van der Waals surface area (Å²) in [5, 5.41) is 17.8. The first-order chi connectivity index (χ1) is 7.18. The standard InChI is InChI=1S/C11H10N2O2/c12-7-11(4-1-5-11)9-3-2-8(6-13-9)10(14)15/h2-3,6H,1,4-5H2,(H,14,15). The van der Waals surface area contributed by atoms with Crippen molar-refractivity contribution in [3.63, 3.8) is 0 Å². The van der Waals surface area contributed by atoms with Crippen LogP contribution in [0, 0.1) is 11.3 Å². The first-order valence-corrected chi connectivity index (χ1v) is 4.79. The van der Waals surface area contributed by atoms with Gasteiger partial charge in [-0.2, -0.15) is 5.26 Å². The van der Waals surface area contributed by atoms with Crippen molar-refractivity contribution in [1.29, 1.82) is 5.26 Å². The Morgan fingerprint density at radius 3 is 2.60 bits per heavy atom. The number of pyridine rings is 1. The summed E-state index contributed by atoms with van der Waals surface area (Å²) in [5.41, 5.74) is 0.393. The molecule has 4 nitrogen and oxygen atoms in total. The van der Waals surface area contributed by atoms with E-state index in [4.69, 9.17) is 10.4 Å². The van der Waals surface area contributed by atoms with Gasteiger partial charge in [-0.3, -0.25) is 4.98 Å². The second-order valence-corrected chi connectivity index (χ2v) is 3.78. The van der Waals surface area contributed by atoms with Crippen molar-refractivity contribution in [1.82, 2.24) is 4.98 Å². The van der Waals surface area contributed by atoms with Crippen LogP contribution in [0.25, 0.3) is 0 Å². The highest BCUT2D eigenvalue weighted by atomic mass is 16.4. The van der Waals surface area contributed by atoms with Crippen LogP contribution in [0.5, 0.6) is 0 Å². The van der Waals surface area contributed by atoms with Gasteiger partial charge in [-0.25, -0.2) is 4.79 Å². The maximum absolute atomic E-state index is 10.6. The first kappa shape index (κ1) is 9.66. The molecule has 0 amide bonds. The molecule has 1 saturated carbocycles. The Kier molecular flexibility index (Phi) is 2.16. The zero-order valence-corrected chi connectivity index (χ0v) is 8.10. The van der Waals surface area contributed by atoms with E-state index in [1.54, 1.807) is 6.07 Å². The number of hydrogen-bond donors (Lipinski definition) is 1. The third kappa shape index (κ3) is 1.46. The van der Waals surface area contributed by atoms with Gasteiger partial charge < -0.3 is 5.11 Å². The van der Waals surface area contributed by atoms with Gasteiger partial charge in [0.25, 0.3) is 0 Å². The fraction of sp³-hybridized carbons (Fsp3) is 0.364. The van der Waals surface area contributed by atoms with Crippen molar-refractivity contribution in [2.75, 3.05) is 0 Å². The molecule has 76 valence electrons. The summed E-state index contributed by atoms with van der Waals surface area (Å²) in [6, 6.07) is 5.42. The third-order valence-electron chi connectivity index (χ3n) is 2.92. The van der Waals surface area contributed by atoms with E-state index in [-0.39, 0.29) is 5.56 Å². The van der Waals surface area contributed by atoms with E-state index in [9.17, 15) is 4.79 Å². The average Bonchev–Trinajstić information content (AvgIpc) is 2.18. The lowest BCUT2D eigenvalue weighted by Crippen LogP contribution is -2.33. The summed E-state index contributed by atoms with van der Waals surface area (Å²) >= 11 is 0. The van der Waals surface area contributed by atoms with Crippen LogP contribution in [0.1, 0.15) is 35.3 Å². The van der Waals surface area contributed by atoms with Crippen LogP contribution in [0.2, 0.25) is 0 Å². The monoisotopic (exact) mass is 202 g/mol. The molecule has 1 N–H and O–H groups in total. The molecule has 1 fully saturated rings. The van der Waals surface area contributed by atoms with E-state index in [2.05, 4.69) is 11.1 Å². The number of aromatic nitrogens is 1. The quantitative estimate of drug-likeness (QED) is 0.792. The molecule has 1 heterocycles. The summed E-state index contributed by atoms with van der Waals surface area (Å²) in [6.07, 6.45) is 4.00. The SMILES string of the molecule is N#CC1(c2ccc(C(=O)O)cn2)CCC1. The molecule has 0 spiro atoms. The fourth-order valence-corrected chi connectivity index (χ4v) is 1.76. The normalized spacial score (nSPS) is 17.5. The minimum absolute atomic E-state index is 0.158. The lowest BCUT2D eigenvalue weighted by Gasteiger charge is -2.34. The van der Waals surface area contributed by atoms with E-state index in [0.29, 0.717) is 5.69 Å². The Balaban J connectivity index is 2.32. The number of carboxylic acid groups (broad SMARTS) is 1. The summed E-state index contributed by atoms with van der Waals surface area (Å²) in [5.74, 6) is -0.992. The van der Waals surface area contributed by atoms with Crippen LogP contribution >= 0.6 is 0 Å². The summed E-state index contributed by atoms with van der Waals surface area (Å²) in [6.45, 7) is 0. The van der Waals surface area contributed by atoms with E-state index >= 15 is 0 Å². The van der Waals surface area contributed by atoms with Crippen LogP contribution in [0.4, 0.5) is 0 Å². The molecule has 0 saturated heterocycles. The van der Waals surface area contributed by atoms with Gasteiger partial charge in [0.1, 0.15) is 0 Å². The highest BCUT2D eigenvalue weighted by Gasteiger charge is 2.40. The number of aromatic carboxylic acids is 1. The lowest BCUT2D eigenvalue weighted by molar-refractivity contribution is 0.0696. The van der Waals surface area contributed by atoms with Crippen molar-refractivity contribution in [2.45, 2.75) is 24.7 Å². The van der Waals surface area contributed by atoms with Crippen molar-refractivity contribution < 1.29 is 9.90 Å². The zero-order chi connectivity index (χ0) is 10.9. The Bertz CT molecular complexity index is 427. The number of rotatable bonds is 2. The predicted molar refractivity (Wildman–Crippen MR) is 52.3 cm³/mol. The molecule has 1 aliphatic carbocycles. The van der Waals surface area contributed by atoms with Gasteiger partial charge in [0, 0.05) is 6.20 Å². The minimum Gasteiger partial charge on any atom is -0.478 e. The second-order valence-electron chi connectivity index (χ2n) is 3.78. The molecule has 0 radical (unpaired) electrons. The molecule has 15 heavy (non-hydrogen) atoms. The molecule has 0 atom stereocenters. The molecule has 1 aromatic rings. The fourth-order valence-electron chi connectivity index (χ4n) is 1.76. The van der Waals surface area contributed by atoms with Gasteiger partial charge in [0.05, 0.1) is 22.7 Å². The molecular weight excluding hydrogens is 192 g/mol. The van der Waals surface area contributed by atoms with Gasteiger partial charge in [0.2, 0.25) is 0 Å². The first-order valence-electron chi connectivity index (χ1n) is 4.79. The number of hydrogen-bond acceptors (Lipinski definition) is 3. The molecule has 2 rings (SSSR count). The Morgan fingerprint density at radius 2 is 2.27 bits per heavy atom. The molecule has 0 unspecified atom stereocenters. The number of carboxylic acids is 1. The Labute approximate surface area is 87.2 Å². The van der Waals surface area contributed by atoms with E-state index in [1.165, 1.54) is 12.3 Å². The molecule has 0 bridgehead atoms. The van der Waals surface area contributed by atoms with Crippen LogP contribution in [0.3, 0.4) is 0 Å². The molecule has 1 aliphatic rings. The second kappa shape index (κ2) is 3.35. The number of nitrogens with zero attached hydrogens (tertiary/aromatic N) is 2. The molecule has 1 aromatic heterocycles. The third-order valence-corrected chi connectivity index (χ3v) is 2.92. The van der Waals surface area contributed by atoms with Crippen molar-refractivity contribution in [2.24, 2.45) is 0 Å². The molecular formula is C11H10N2O2. The van der Waals surface area contributed by atoms with E-state index in [0.717, 1.165) is 19.3 Å². The van der Waals surface area contributed by atoms with Crippen LogP contribution in [-0.4, -0.2) is 16.1 Å². The zero-order valence-electron chi connectivity index (χ0n) is 8.10. The Morgan fingerprint density at radius 1 is 1.53 bits per heavy atom. The molecule has 0 aliphatic heterocycles. The predicted octanol–water partition coefficient (Wildman–Crippen LogP) is 1.73. The van der Waals surface area contributed by atoms with Crippen molar-refractivity contribution >= 4 is 5.97 Å². The lowest BCUT2D eigenvalue weighted by atomic mass is 9.67. The molecule has 4 heteroatoms. The largest absolute Gasteiger partial charge is 0.478 e. The highest BCUT2D eigenvalue weighted by Crippen LogP contribution is 2.41. The van der Waals surface area contributed by atoms with Crippen LogP contribution in [-0.2, 0) is 5.41 Å². The van der Waals surface area contributed by atoms with Gasteiger partial charge in [0.15, 0.2) is 0 Å². The highest BCUT2D eigenvalue weighted by molar-refractivity contribution is 5.87. The van der Waals surface area contributed by atoms with Crippen molar-refractivity contribution in [3.8, 4) is 6.07 Å². The number of nitriles is 1. The summed E-state index contributed by atoms with van der Waals surface area (Å²) in [4.78, 5) is 14.7. The maximum atomic E-state index is 10.6. The van der Waals surface area contributed by atoms with Crippen molar-refractivity contribution in [3.05, 3.63) is 29.6 Å². The van der Waals surface area contributed by atoms with E-state index in [1.807, 2.05) is 0 Å². The summed E-state index contributed by atoms with van der Waals surface area (Å²) in [7, 11) is 0. The number of carbonyl (C=O) groups is 1. The van der Waals surface area contributed by atoms with Gasteiger partial charge in [-0.1, -0.05) is 0 Å². The van der Waals surface area contributed by atoms with E-state index < -0.39 is 11.4 Å².